The zero-order valence-electron chi connectivity index (χ0n) is 16.4. The third kappa shape index (κ3) is 4.16. The normalized spacial score (nSPS) is 14.5. The van der Waals surface area contributed by atoms with Gasteiger partial charge in [-0.05, 0) is 41.5 Å². The van der Waals surface area contributed by atoms with E-state index < -0.39 is 23.1 Å². The Morgan fingerprint density at radius 1 is 0.613 bits per heavy atom. The maximum absolute atomic E-state index is 12.7. The fourth-order valence-corrected chi connectivity index (χ4v) is 3.18. The number of para-hydroxylation sites is 1. The second-order valence-corrected chi connectivity index (χ2v) is 6.83. The Morgan fingerprint density at radius 3 is 1.84 bits per heavy atom. The number of hydrogen-bond acceptors (Lipinski definition) is 5. The Kier molecular flexibility index (Phi) is 5.49. The zero-order valence-corrected chi connectivity index (χ0v) is 16.4. The number of hydrogen-bond donors (Lipinski definition) is 2. The SMILES string of the molecule is O=C1C(O)=C(c2ccc(Oc3ccccc3)cc2)C(=O)C(O)=C1/C=C/c1ccccc1. The molecule has 0 saturated carbocycles. The lowest BCUT2D eigenvalue weighted by atomic mass is 9.88. The molecule has 3 aromatic carbocycles. The van der Waals surface area contributed by atoms with Gasteiger partial charge in [-0.3, -0.25) is 9.59 Å². The molecule has 0 radical (unpaired) electrons. The molecule has 31 heavy (non-hydrogen) atoms. The number of aliphatic hydroxyl groups is 2. The van der Waals surface area contributed by atoms with Crippen molar-refractivity contribution in [3.05, 3.63) is 119 Å². The number of rotatable bonds is 5. The van der Waals surface area contributed by atoms with Gasteiger partial charge in [-0.25, -0.2) is 0 Å². The number of Topliss-reactive ketones (excluding diaryl/α,β-unsaturated/α-hetero) is 2. The van der Waals surface area contributed by atoms with Crippen LogP contribution in [0.25, 0.3) is 11.6 Å². The maximum Gasteiger partial charge on any atom is 0.232 e. The van der Waals surface area contributed by atoms with E-state index in [0.717, 1.165) is 5.56 Å². The van der Waals surface area contributed by atoms with E-state index in [1.54, 1.807) is 42.5 Å². The number of allylic oxidation sites excluding steroid dienone is 3. The van der Waals surface area contributed by atoms with Crippen LogP contribution in [0.2, 0.25) is 0 Å². The molecule has 0 spiro atoms. The molecule has 1 aliphatic carbocycles. The molecule has 4 rings (SSSR count). The topological polar surface area (TPSA) is 83.8 Å². The Morgan fingerprint density at radius 2 is 1.19 bits per heavy atom. The first-order valence-corrected chi connectivity index (χ1v) is 9.57. The van der Waals surface area contributed by atoms with Gasteiger partial charge in [0.2, 0.25) is 11.6 Å². The second-order valence-electron chi connectivity index (χ2n) is 6.83. The summed E-state index contributed by atoms with van der Waals surface area (Å²) in [4.78, 5) is 25.4. The molecule has 2 N–H and O–H groups in total. The van der Waals surface area contributed by atoms with Crippen LogP contribution in [-0.4, -0.2) is 21.8 Å². The summed E-state index contributed by atoms with van der Waals surface area (Å²) in [6.45, 7) is 0. The first-order valence-electron chi connectivity index (χ1n) is 9.57. The molecule has 0 aromatic heterocycles. The van der Waals surface area contributed by atoms with E-state index in [4.69, 9.17) is 4.74 Å². The molecule has 0 bridgehead atoms. The first kappa shape index (κ1) is 19.9. The highest BCUT2D eigenvalue weighted by atomic mass is 16.5. The van der Waals surface area contributed by atoms with Gasteiger partial charge in [0, 0.05) is 0 Å². The van der Waals surface area contributed by atoms with Gasteiger partial charge in [0.25, 0.3) is 0 Å². The number of ketones is 2. The summed E-state index contributed by atoms with van der Waals surface area (Å²) < 4.78 is 5.71. The predicted octanol–water partition coefficient (Wildman–Crippen LogP) is 5.43. The average Bonchev–Trinajstić information content (AvgIpc) is 2.80. The maximum atomic E-state index is 12.7. The van der Waals surface area contributed by atoms with E-state index >= 15 is 0 Å². The Labute approximate surface area is 178 Å². The molecule has 5 heteroatoms. The number of benzene rings is 3. The largest absolute Gasteiger partial charge is 0.504 e. The molecule has 5 nitrogen and oxygen atoms in total. The monoisotopic (exact) mass is 410 g/mol. The number of ether oxygens (including phenoxy) is 1. The molecule has 0 heterocycles. The van der Waals surface area contributed by atoms with Gasteiger partial charge in [0.1, 0.15) is 11.5 Å². The van der Waals surface area contributed by atoms with E-state index in [1.807, 2.05) is 48.5 Å². The third-order valence-corrected chi connectivity index (χ3v) is 4.76. The van der Waals surface area contributed by atoms with Crippen LogP contribution in [0.1, 0.15) is 11.1 Å². The van der Waals surface area contributed by atoms with Gasteiger partial charge >= 0.3 is 0 Å². The van der Waals surface area contributed by atoms with Crippen LogP contribution in [0, 0.1) is 0 Å². The van der Waals surface area contributed by atoms with E-state index in [1.165, 1.54) is 6.08 Å². The molecule has 0 unspecified atom stereocenters. The van der Waals surface area contributed by atoms with Gasteiger partial charge < -0.3 is 14.9 Å². The van der Waals surface area contributed by atoms with E-state index in [9.17, 15) is 19.8 Å². The van der Waals surface area contributed by atoms with Crippen LogP contribution in [-0.2, 0) is 9.59 Å². The Bertz CT molecular complexity index is 1220. The van der Waals surface area contributed by atoms with E-state index in [0.29, 0.717) is 17.1 Å². The van der Waals surface area contributed by atoms with Crippen molar-refractivity contribution in [2.75, 3.05) is 0 Å². The Hall–Kier alpha value is -4.38. The Balaban J connectivity index is 1.60. The van der Waals surface area contributed by atoms with Crippen molar-refractivity contribution >= 4 is 23.2 Å². The van der Waals surface area contributed by atoms with Gasteiger partial charge in [-0.1, -0.05) is 66.7 Å². The van der Waals surface area contributed by atoms with Crippen molar-refractivity contribution in [1.82, 2.24) is 0 Å². The summed E-state index contributed by atoms with van der Waals surface area (Å²) in [6, 6.07) is 24.6. The lowest BCUT2D eigenvalue weighted by Crippen LogP contribution is -2.22. The molecule has 152 valence electrons. The van der Waals surface area contributed by atoms with Crippen molar-refractivity contribution in [1.29, 1.82) is 0 Å². The standard InChI is InChI=1S/C26H18O5/c27-23-21(16-11-17-7-3-1-4-8-17)24(28)26(30)22(25(23)29)18-12-14-20(15-13-18)31-19-9-5-2-6-10-19/h1-16,27,30H/b16-11+. The molecule has 0 amide bonds. The van der Waals surface area contributed by atoms with E-state index in [2.05, 4.69) is 0 Å². The fourth-order valence-electron chi connectivity index (χ4n) is 3.18. The van der Waals surface area contributed by atoms with E-state index in [-0.39, 0.29) is 11.1 Å². The summed E-state index contributed by atoms with van der Waals surface area (Å²) >= 11 is 0. The minimum absolute atomic E-state index is 0.245. The van der Waals surface area contributed by atoms with Crippen LogP contribution in [0.4, 0.5) is 0 Å². The van der Waals surface area contributed by atoms with Crippen molar-refractivity contribution in [2.24, 2.45) is 0 Å². The molecule has 0 saturated heterocycles. The molecule has 3 aromatic rings. The predicted molar refractivity (Wildman–Crippen MR) is 118 cm³/mol. The summed E-state index contributed by atoms with van der Waals surface area (Å²) in [6.07, 6.45) is 2.92. The lowest BCUT2D eigenvalue weighted by molar-refractivity contribution is -0.118. The number of aliphatic hydroxyl groups excluding tert-OH is 2. The molecule has 0 atom stereocenters. The van der Waals surface area contributed by atoms with Gasteiger partial charge in [-0.2, -0.15) is 0 Å². The van der Waals surface area contributed by atoms with Crippen molar-refractivity contribution in [3.8, 4) is 11.5 Å². The van der Waals surface area contributed by atoms with Gasteiger partial charge in [-0.15, -0.1) is 0 Å². The van der Waals surface area contributed by atoms with Gasteiger partial charge in [0.15, 0.2) is 11.5 Å². The first-order chi connectivity index (χ1) is 15.0. The quantitative estimate of drug-likeness (QED) is 0.548. The molecule has 1 aliphatic rings. The third-order valence-electron chi connectivity index (χ3n) is 4.76. The highest BCUT2D eigenvalue weighted by Crippen LogP contribution is 2.31. The van der Waals surface area contributed by atoms with Crippen LogP contribution in [0.15, 0.2) is 108 Å². The van der Waals surface area contributed by atoms with Gasteiger partial charge in [0.05, 0.1) is 11.1 Å². The van der Waals surface area contributed by atoms with Crippen molar-refractivity contribution < 1.29 is 24.5 Å². The second kappa shape index (κ2) is 8.55. The lowest BCUT2D eigenvalue weighted by Gasteiger charge is -2.16. The van der Waals surface area contributed by atoms with Crippen LogP contribution >= 0.6 is 0 Å². The molecular formula is C26H18O5. The zero-order chi connectivity index (χ0) is 21.8. The van der Waals surface area contributed by atoms with Crippen LogP contribution in [0.3, 0.4) is 0 Å². The molecule has 0 aliphatic heterocycles. The highest BCUT2D eigenvalue weighted by Gasteiger charge is 2.34. The van der Waals surface area contributed by atoms with Crippen molar-refractivity contribution in [2.45, 2.75) is 0 Å². The summed E-state index contributed by atoms with van der Waals surface area (Å²) in [7, 11) is 0. The average molecular weight is 410 g/mol. The molecular weight excluding hydrogens is 392 g/mol. The summed E-state index contributed by atoms with van der Waals surface area (Å²) in [5.41, 5.74) is 0.588. The highest BCUT2D eigenvalue weighted by molar-refractivity contribution is 6.38. The van der Waals surface area contributed by atoms with Crippen LogP contribution < -0.4 is 4.74 Å². The summed E-state index contributed by atoms with van der Waals surface area (Å²) in [5.74, 6) is -1.86. The van der Waals surface area contributed by atoms with Crippen molar-refractivity contribution in [3.63, 3.8) is 0 Å². The molecule has 0 fully saturated rings. The summed E-state index contributed by atoms with van der Waals surface area (Å²) in [5, 5.41) is 20.8. The fraction of sp³-hybridized carbons (Fsp3) is 0. The minimum Gasteiger partial charge on any atom is -0.504 e. The number of carbonyl (C=O) groups is 2. The smallest absolute Gasteiger partial charge is 0.232 e. The number of carbonyl (C=O) groups excluding carboxylic acids is 2. The minimum atomic E-state index is -0.818. The van der Waals surface area contributed by atoms with Crippen LogP contribution in [0.5, 0.6) is 11.5 Å².